The molecule has 0 atom stereocenters. The van der Waals surface area contributed by atoms with Gasteiger partial charge < -0.3 is 55.9 Å². The van der Waals surface area contributed by atoms with Gasteiger partial charge in [-0.05, 0) is 0 Å². The number of carboxylic acids is 2. The predicted molar refractivity (Wildman–Crippen MR) is 48.2 cm³/mol. The Labute approximate surface area is 101 Å². The maximum Gasteiger partial charge on any atom is 2.00 e. The predicted octanol–water partition coefficient (Wildman–Crippen LogP) is -3.96. The molecule has 0 aromatic carbocycles. The Hall–Kier alpha value is -0.677. The molecule has 0 spiro atoms. The average molecular weight is 282 g/mol. The van der Waals surface area contributed by atoms with Gasteiger partial charge in [0.2, 0.25) is 0 Å². The van der Waals surface area contributed by atoms with Crippen LogP contribution in [0.5, 0.6) is 0 Å². The van der Waals surface area contributed by atoms with Crippen molar-refractivity contribution in [3.63, 3.8) is 0 Å². The zero-order valence-electron chi connectivity index (χ0n) is 8.74. The number of aliphatic carboxylic acids is 2. The molecule has 0 saturated carbocycles. The van der Waals surface area contributed by atoms with E-state index >= 15 is 0 Å². The second kappa shape index (κ2) is 37.7. The van der Waals surface area contributed by atoms with Crippen molar-refractivity contribution in [1.82, 2.24) is 24.6 Å². The molecule has 10 nitrogen and oxygen atoms in total. The van der Waals surface area contributed by atoms with E-state index in [1.54, 1.807) is 0 Å². The van der Waals surface area contributed by atoms with Crippen molar-refractivity contribution in [2.45, 2.75) is 0 Å². The van der Waals surface area contributed by atoms with Gasteiger partial charge in [0.1, 0.15) is 0 Å². The molecule has 0 aromatic rings. The molecule has 0 radical (unpaired) electrons. The second-order valence-corrected chi connectivity index (χ2v) is 1.15. The summed E-state index contributed by atoms with van der Waals surface area (Å²) in [6, 6.07) is 0. The first-order valence-electron chi connectivity index (χ1n) is 2.34. The van der Waals surface area contributed by atoms with Gasteiger partial charge in [0.25, 0.3) is 0 Å². The summed E-state index contributed by atoms with van der Waals surface area (Å²) >= 11 is 0. The Kier molecular flexibility index (Phi) is 119. The van der Waals surface area contributed by atoms with Crippen LogP contribution in [0, 0.1) is 0 Å². The Morgan fingerprint density at radius 1 is 0.800 bits per heavy atom. The molecule has 0 aliphatic heterocycles. The van der Waals surface area contributed by atoms with E-state index in [0.29, 0.717) is 0 Å². The molecule has 0 heterocycles. The van der Waals surface area contributed by atoms with E-state index in [9.17, 15) is 0 Å². The minimum atomic E-state index is -1.22. The first kappa shape index (κ1) is 47.4. The zero-order chi connectivity index (χ0) is 8.57. The zero-order valence-corrected chi connectivity index (χ0v) is 11.7. The topological polar surface area (TPSA) is 272 Å². The molecular weight excluding hydrogens is 261 g/mol. The van der Waals surface area contributed by atoms with Gasteiger partial charge in [0.05, 0.1) is 11.9 Å². The maximum atomic E-state index is 9.13. The maximum absolute atomic E-state index is 9.13. The largest absolute Gasteiger partial charge is 2.00 e. The molecule has 0 aromatic heterocycles. The fourth-order valence-electron chi connectivity index (χ4n) is 0. The Morgan fingerprint density at radius 2 is 0.867 bits per heavy atom. The van der Waals surface area contributed by atoms with Crippen LogP contribution in [0.1, 0.15) is 0 Å². The number of carbonyl (C=O) groups excluding carboxylic acids is 2. The summed E-state index contributed by atoms with van der Waals surface area (Å²) in [5.74, 6) is -2.44. The quantitative estimate of drug-likeness (QED) is 0.267. The summed E-state index contributed by atoms with van der Waals surface area (Å²) in [5.41, 5.74) is 9.02. The van der Waals surface area contributed by atoms with Crippen molar-refractivity contribution in [1.29, 1.82) is 0 Å². The number of carbonyl (C=O) groups is 2. The normalized spacial score (nSPS) is 4.93. The average Bonchev–Trinajstić information content (AvgIpc) is 1.89. The Bertz CT molecular complexity index is 112. The smallest absolute Gasteiger partial charge is 0.549 e. The van der Waals surface area contributed by atoms with E-state index < -0.39 is 11.9 Å². The van der Waals surface area contributed by atoms with E-state index in [2.05, 4.69) is 11.5 Å². The third-order valence-electron chi connectivity index (χ3n) is 0.333. The van der Waals surface area contributed by atoms with Crippen LogP contribution in [0.3, 0.4) is 0 Å². The van der Waals surface area contributed by atoms with Crippen LogP contribution < -0.4 is 46.3 Å². The van der Waals surface area contributed by atoms with Gasteiger partial charge in [-0.25, -0.2) is 0 Å². The van der Waals surface area contributed by atoms with Crippen molar-refractivity contribution in [2.75, 3.05) is 13.1 Å². The number of nitrogens with two attached hydrogens (primary N) is 2. The minimum absolute atomic E-state index is 0. The first-order valence-corrected chi connectivity index (χ1v) is 2.34. The summed E-state index contributed by atoms with van der Waals surface area (Å²) in [7, 11) is 0. The summed E-state index contributed by atoms with van der Waals surface area (Å²) in [6.07, 6.45) is 0. The molecular formula is C4H20N6O4Zn. The molecule has 15 heavy (non-hydrogen) atoms. The van der Waals surface area contributed by atoms with Gasteiger partial charge in [0, 0.05) is 13.1 Å². The number of hydrogen-bond donors (Lipinski definition) is 6. The SMILES string of the molecule is N.N.N.N.NCC(=O)[O-].NCC(=O)[O-].[Zn+2]. The fraction of sp³-hybridized carbons (Fsp3) is 0.500. The van der Waals surface area contributed by atoms with Crippen molar-refractivity contribution in [3.8, 4) is 0 Å². The molecule has 11 heteroatoms. The van der Waals surface area contributed by atoms with Crippen LogP contribution in [0.15, 0.2) is 0 Å². The standard InChI is InChI=1S/2C2H5NO2.4H3N.Zn/c2*3-1-2(4)5;;;;;/h2*1,3H2,(H,4,5);4*1H3;/q;;;;;;+2/p-2. The van der Waals surface area contributed by atoms with Crippen LogP contribution in [0.25, 0.3) is 0 Å². The molecule has 0 aliphatic rings. The van der Waals surface area contributed by atoms with Crippen LogP contribution in [-0.4, -0.2) is 25.0 Å². The van der Waals surface area contributed by atoms with Crippen molar-refractivity contribution in [3.05, 3.63) is 0 Å². The summed E-state index contributed by atoms with van der Waals surface area (Å²) in [5, 5.41) is 18.3. The van der Waals surface area contributed by atoms with E-state index in [4.69, 9.17) is 19.8 Å². The Morgan fingerprint density at radius 3 is 0.867 bits per heavy atom. The molecule has 16 N–H and O–H groups in total. The Balaban J connectivity index is -0.0000000128. The second-order valence-electron chi connectivity index (χ2n) is 1.15. The van der Waals surface area contributed by atoms with Gasteiger partial charge in [-0.1, -0.05) is 0 Å². The molecule has 0 saturated heterocycles. The van der Waals surface area contributed by atoms with Crippen LogP contribution in [0.2, 0.25) is 0 Å². The monoisotopic (exact) mass is 280 g/mol. The van der Waals surface area contributed by atoms with Gasteiger partial charge in [-0.15, -0.1) is 0 Å². The molecule has 0 rings (SSSR count). The van der Waals surface area contributed by atoms with Crippen molar-refractivity contribution < 1.29 is 39.3 Å². The van der Waals surface area contributed by atoms with Crippen molar-refractivity contribution >= 4 is 11.9 Å². The molecule has 0 aliphatic carbocycles. The van der Waals surface area contributed by atoms with Gasteiger partial charge in [-0.2, -0.15) is 0 Å². The van der Waals surface area contributed by atoms with E-state index in [-0.39, 0.29) is 57.2 Å². The first-order chi connectivity index (χ1) is 4.54. The number of carboxylic acid groups (broad SMARTS) is 2. The van der Waals surface area contributed by atoms with Crippen molar-refractivity contribution in [2.24, 2.45) is 11.5 Å². The summed E-state index contributed by atoms with van der Waals surface area (Å²) < 4.78 is 0. The van der Waals surface area contributed by atoms with Gasteiger partial charge >= 0.3 is 19.5 Å². The fourth-order valence-corrected chi connectivity index (χ4v) is 0. The minimum Gasteiger partial charge on any atom is -0.549 e. The van der Waals surface area contributed by atoms with Crippen LogP contribution in [-0.2, 0) is 29.1 Å². The van der Waals surface area contributed by atoms with Crippen LogP contribution in [0.4, 0.5) is 0 Å². The molecule has 0 bridgehead atoms. The molecule has 0 fully saturated rings. The van der Waals surface area contributed by atoms with E-state index in [1.165, 1.54) is 0 Å². The van der Waals surface area contributed by atoms with Gasteiger partial charge in [0.15, 0.2) is 0 Å². The number of hydrogen-bond acceptors (Lipinski definition) is 10. The van der Waals surface area contributed by atoms with E-state index in [1.807, 2.05) is 0 Å². The molecule has 0 amide bonds. The number of rotatable bonds is 2. The third-order valence-corrected chi connectivity index (χ3v) is 0.333. The molecule has 92 valence electrons. The van der Waals surface area contributed by atoms with E-state index in [0.717, 1.165) is 0 Å². The summed E-state index contributed by atoms with van der Waals surface area (Å²) in [4.78, 5) is 18.3. The van der Waals surface area contributed by atoms with Crippen LogP contribution >= 0.6 is 0 Å². The molecule has 0 unspecified atom stereocenters. The summed E-state index contributed by atoms with van der Waals surface area (Å²) in [6.45, 7) is -0.778. The van der Waals surface area contributed by atoms with Gasteiger partial charge in [-0.3, -0.25) is 0 Å². The third kappa shape index (κ3) is 155.